The van der Waals surface area contributed by atoms with Crippen LogP contribution in [0.4, 0.5) is 5.82 Å². The third-order valence-corrected chi connectivity index (χ3v) is 2.20. The zero-order valence-electron chi connectivity index (χ0n) is 10.4. The molecule has 2 heterocycles. The molecule has 0 bridgehead atoms. The van der Waals surface area contributed by atoms with Crippen molar-refractivity contribution in [1.82, 2.24) is 9.38 Å². The Hall–Kier alpha value is -2.10. The van der Waals surface area contributed by atoms with Gasteiger partial charge in [0, 0.05) is 7.05 Å². The van der Waals surface area contributed by atoms with Crippen LogP contribution >= 0.6 is 0 Å². The van der Waals surface area contributed by atoms with Crippen molar-refractivity contribution >= 4 is 17.1 Å². The van der Waals surface area contributed by atoms with E-state index in [0.717, 1.165) is 11.3 Å². The summed E-state index contributed by atoms with van der Waals surface area (Å²) in [5, 5.41) is 3.01. The van der Waals surface area contributed by atoms with Gasteiger partial charge >= 0.3 is 0 Å². The number of hydrogen-bond acceptors (Lipinski definition) is 3. The molecule has 0 aromatic carbocycles. The lowest BCUT2D eigenvalue weighted by Crippen LogP contribution is -2.05. The predicted molar refractivity (Wildman–Crippen MR) is 70.6 cm³/mol. The van der Waals surface area contributed by atoms with Gasteiger partial charge in [-0.25, -0.2) is 4.98 Å². The number of ketones is 1. The largest absolute Gasteiger partial charge is 0.374 e. The van der Waals surface area contributed by atoms with Gasteiger partial charge in [-0.05, 0) is 26.0 Å². The Balaban J connectivity index is 0.000000437. The molecule has 0 spiro atoms. The molecular weight excluding hydrogens is 214 g/mol. The summed E-state index contributed by atoms with van der Waals surface area (Å²) in [6.45, 7) is 6.80. The molecule has 17 heavy (non-hydrogen) atoms. The minimum atomic E-state index is 0.0463. The molecule has 0 amide bonds. The molecule has 0 aliphatic carbocycles. The van der Waals surface area contributed by atoms with E-state index in [1.54, 1.807) is 32.6 Å². The minimum absolute atomic E-state index is 0.0463. The second-order valence-corrected chi connectivity index (χ2v) is 3.50. The molecular formula is C13H17N3O. The van der Waals surface area contributed by atoms with Crippen molar-refractivity contribution in [3.05, 3.63) is 42.9 Å². The van der Waals surface area contributed by atoms with E-state index < -0.39 is 0 Å². The molecule has 2 aromatic heterocycles. The number of anilines is 1. The lowest BCUT2D eigenvalue weighted by atomic mass is 10.2. The number of carbonyl (C=O) groups is 1. The van der Waals surface area contributed by atoms with Gasteiger partial charge in [-0.2, -0.15) is 0 Å². The van der Waals surface area contributed by atoms with Crippen LogP contribution in [0, 0.1) is 0 Å². The Morgan fingerprint density at radius 1 is 1.53 bits per heavy atom. The zero-order chi connectivity index (χ0) is 12.8. The van der Waals surface area contributed by atoms with Crippen molar-refractivity contribution in [3.8, 4) is 0 Å². The summed E-state index contributed by atoms with van der Waals surface area (Å²) in [7, 11) is 1.79. The Morgan fingerprint density at radius 3 is 2.71 bits per heavy atom. The molecule has 2 rings (SSSR count). The van der Waals surface area contributed by atoms with E-state index in [1.807, 2.05) is 23.5 Å². The predicted octanol–water partition coefficient (Wildman–Crippen LogP) is 2.77. The van der Waals surface area contributed by atoms with Gasteiger partial charge < -0.3 is 5.32 Å². The van der Waals surface area contributed by atoms with Crippen molar-refractivity contribution < 1.29 is 4.79 Å². The molecule has 0 saturated heterocycles. The van der Waals surface area contributed by atoms with Gasteiger partial charge in [0.1, 0.15) is 12.1 Å². The summed E-state index contributed by atoms with van der Waals surface area (Å²) in [4.78, 5) is 15.3. The van der Waals surface area contributed by atoms with E-state index in [-0.39, 0.29) is 5.78 Å². The number of Topliss-reactive ketones (excluding diaryl/α,β-unsaturated/α-hetero) is 1. The highest BCUT2D eigenvalue weighted by Gasteiger charge is 2.09. The molecule has 0 aliphatic rings. The summed E-state index contributed by atoms with van der Waals surface area (Å²) in [6, 6.07) is 3.69. The number of rotatable bonds is 2. The van der Waals surface area contributed by atoms with Gasteiger partial charge in [0.25, 0.3) is 0 Å². The van der Waals surface area contributed by atoms with Gasteiger partial charge in [0.05, 0.1) is 17.3 Å². The highest BCUT2D eigenvalue weighted by atomic mass is 16.1. The topological polar surface area (TPSA) is 46.4 Å². The first-order valence-electron chi connectivity index (χ1n) is 5.36. The molecule has 0 aliphatic heterocycles. The second-order valence-electron chi connectivity index (χ2n) is 3.50. The number of fused-ring (bicyclic) bond motifs is 1. The van der Waals surface area contributed by atoms with Crippen LogP contribution in [0.25, 0.3) is 5.52 Å². The molecule has 0 unspecified atom stereocenters. The molecule has 0 fully saturated rings. The van der Waals surface area contributed by atoms with Crippen molar-refractivity contribution in [2.24, 2.45) is 0 Å². The molecule has 1 N–H and O–H groups in total. The number of hydrogen-bond donors (Lipinski definition) is 1. The average Bonchev–Trinajstić information content (AvgIpc) is 2.76. The third kappa shape index (κ3) is 2.72. The molecule has 90 valence electrons. The number of allylic oxidation sites excluding steroid dienone is 1. The van der Waals surface area contributed by atoms with Gasteiger partial charge in [-0.15, -0.1) is 6.58 Å². The molecule has 0 saturated carbocycles. The maximum Gasteiger partial charge on any atom is 0.163 e. The fraction of sp³-hybridized carbons (Fsp3) is 0.231. The van der Waals surface area contributed by atoms with Crippen LogP contribution < -0.4 is 5.32 Å². The van der Waals surface area contributed by atoms with Crippen LogP contribution in [0.3, 0.4) is 0 Å². The van der Waals surface area contributed by atoms with E-state index in [0.29, 0.717) is 5.56 Å². The standard InChI is InChI=1S/C10H11N3O.C3H6/c1-7(14)9-4-3-8-5-12-6-13(8)10(9)11-2;1-3-2/h3-6,11H,1-2H3;3H,1H2,2H3. The van der Waals surface area contributed by atoms with E-state index in [2.05, 4.69) is 16.9 Å². The van der Waals surface area contributed by atoms with Crippen LogP contribution in [0.15, 0.2) is 37.3 Å². The molecule has 2 aromatic rings. The smallest absolute Gasteiger partial charge is 0.163 e. The molecule has 4 nitrogen and oxygen atoms in total. The number of nitrogens with zero attached hydrogens (tertiary/aromatic N) is 2. The first-order valence-corrected chi connectivity index (χ1v) is 5.36. The molecule has 0 atom stereocenters. The molecule has 4 heteroatoms. The molecule has 0 radical (unpaired) electrons. The lowest BCUT2D eigenvalue weighted by molar-refractivity contribution is 0.101. The maximum absolute atomic E-state index is 11.3. The summed E-state index contributed by atoms with van der Waals surface area (Å²) in [6.07, 6.45) is 5.19. The van der Waals surface area contributed by atoms with E-state index in [1.165, 1.54) is 0 Å². The monoisotopic (exact) mass is 231 g/mol. The third-order valence-electron chi connectivity index (χ3n) is 2.20. The van der Waals surface area contributed by atoms with Crippen LogP contribution in [-0.4, -0.2) is 22.2 Å². The maximum atomic E-state index is 11.3. The fourth-order valence-corrected chi connectivity index (χ4v) is 1.53. The minimum Gasteiger partial charge on any atom is -0.374 e. The van der Waals surface area contributed by atoms with Gasteiger partial charge in [0.15, 0.2) is 5.78 Å². The first-order chi connectivity index (χ1) is 8.15. The first kappa shape index (κ1) is 13.0. The van der Waals surface area contributed by atoms with E-state index in [4.69, 9.17) is 0 Å². The van der Waals surface area contributed by atoms with Gasteiger partial charge in [-0.1, -0.05) is 6.08 Å². The van der Waals surface area contributed by atoms with Crippen LogP contribution in [0.2, 0.25) is 0 Å². The van der Waals surface area contributed by atoms with Crippen molar-refractivity contribution in [2.75, 3.05) is 12.4 Å². The van der Waals surface area contributed by atoms with Gasteiger partial charge in [0.2, 0.25) is 0 Å². The quantitative estimate of drug-likeness (QED) is 0.638. The highest BCUT2D eigenvalue weighted by molar-refractivity contribution is 5.99. The number of aromatic nitrogens is 2. The van der Waals surface area contributed by atoms with Gasteiger partial charge in [-0.3, -0.25) is 9.20 Å². The summed E-state index contributed by atoms with van der Waals surface area (Å²) in [5.41, 5.74) is 1.65. The highest BCUT2D eigenvalue weighted by Crippen LogP contribution is 2.18. The second kappa shape index (κ2) is 5.84. The lowest BCUT2D eigenvalue weighted by Gasteiger charge is -2.08. The number of carbonyl (C=O) groups excluding carboxylic acids is 1. The van der Waals surface area contributed by atoms with Crippen molar-refractivity contribution in [3.63, 3.8) is 0 Å². The van der Waals surface area contributed by atoms with E-state index >= 15 is 0 Å². The fourth-order valence-electron chi connectivity index (χ4n) is 1.53. The van der Waals surface area contributed by atoms with Crippen LogP contribution in [-0.2, 0) is 0 Å². The Morgan fingerprint density at radius 2 is 2.18 bits per heavy atom. The number of pyridine rings is 1. The number of imidazole rings is 1. The summed E-state index contributed by atoms with van der Waals surface area (Å²) >= 11 is 0. The Bertz CT molecular complexity index is 528. The normalized spacial score (nSPS) is 9.35. The van der Waals surface area contributed by atoms with Crippen LogP contribution in [0.1, 0.15) is 24.2 Å². The van der Waals surface area contributed by atoms with Crippen LogP contribution in [0.5, 0.6) is 0 Å². The Kier molecular flexibility index (Phi) is 4.46. The average molecular weight is 231 g/mol. The SMILES string of the molecule is C=CC.CNc1c(C(C)=O)ccc2cncn12. The van der Waals surface area contributed by atoms with E-state index in [9.17, 15) is 4.79 Å². The van der Waals surface area contributed by atoms with Crippen molar-refractivity contribution in [1.29, 1.82) is 0 Å². The summed E-state index contributed by atoms with van der Waals surface area (Å²) < 4.78 is 1.86. The zero-order valence-corrected chi connectivity index (χ0v) is 10.4. The summed E-state index contributed by atoms with van der Waals surface area (Å²) in [5.74, 6) is 0.831. The van der Waals surface area contributed by atoms with Crippen molar-refractivity contribution in [2.45, 2.75) is 13.8 Å². The Labute approximate surface area is 101 Å². The number of nitrogens with one attached hydrogen (secondary N) is 1.